The second-order valence-electron chi connectivity index (χ2n) is 6.92. The lowest BCUT2D eigenvalue weighted by molar-refractivity contribution is -0.141. The number of alkyl halides is 3. The summed E-state index contributed by atoms with van der Waals surface area (Å²) in [4.78, 5) is 21.2. The first-order valence-electron chi connectivity index (χ1n) is 9.01. The number of piperidine rings is 1. The second-order valence-corrected chi connectivity index (χ2v) is 6.92. The van der Waals surface area contributed by atoms with E-state index in [1.54, 1.807) is 4.90 Å². The molecule has 28 heavy (non-hydrogen) atoms. The molecule has 2 amide bonds. The minimum atomic E-state index is -4.50. The third kappa shape index (κ3) is 4.90. The fraction of sp³-hybridized carbons (Fsp3) is 0.421. The van der Waals surface area contributed by atoms with E-state index < -0.39 is 11.9 Å². The average molecular weight is 393 g/mol. The van der Waals surface area contributed by atoms with Gasteiger partial charge in [0.1, 0.15) is 17.8 Å². The van der Waals surface area contributed by atoms with Crippen LogP contribution in [0, 0.1) is 13.8 Å². The summed E-state index contributed by atoms with van der Waals surface area (Å²) in [6, 6.07) is 6.32. The summed E-state index contributed by atoms with van der Waals surface area (Å²) >= 11 is 0. The van der Waals surface area contributed by atoms with Gasteiger partial charge in [0, 0.05) is 30.9 Å². The Morgan fingerprint density at radius 1 is 1.11 bits per heavy atom. The van der Waals surface area contributed by atoms with E-state index in [0.29, 0.717) is 25.9 Å². The highest BCUT2D eigenvalue weighted by Gasteiger charge is 2.33. The minimum absolute atomic E-state index is 0.0493. The van der Waals surface area contributed by atoms with Crippen LogP contribution in [0.4, 0.5) is 29.5 Å². The number of halogens is 3. The number of amides is 2. The summed E-state index contributed by atoms with van der Waals surface area (Å²) in [6.07, 6.45) is -2.33. The molecular formula is C19H22F3N5O. The van der Waals surface area contributed by atoms with Gasteiger partial charge in [0.05, 0.1) is 0 Å². The summed E-state index contributed by atoms with van der Waals surface area (Å²) in [6.45, 7) is 4.99. The molecule has 2 heterocycles. The van der Waals surface area contributed by atoms with Crippen LogP contribution in [-0.4, -0.2) is 35.1 Å². The fourth-order valence-electron chi connectivity index (χ4n) is 3.10. The largest absolute Gasteiger partial charge is 0.433 e. The average Bonchev–Trinajstić information content (AvgIpc) is 2.65. The molecular weight excluding hydrogens is 371 g/mol. The topological polar surface area (TPSA) is 70.2 Å². The maximum Gasteiger partial charge on any atom is 0.433 e. The van der Waals surface area contributed by atoms with Crippen LogP contribution in [0.25, 0.3) is 0 Å². The molecule has 1 aromatic heterocycles. The number of aryl methyl sites for hydroxylation is 2. The highest BCUT2D eigenvalue weighted by Crippen LogP contribution is 2.29. The van der Waals surface area contributed by atoms with Crippen LogP contribution < -0.4 is 15.5 Å². The van der Waals surface area contributed by atoms with Crippen molar-refractivity contribution in [1.82, 2.24) is 15.3 Å². The second kappa shape index (κ2) is 8.04. The van der Waals surface area contributed by atoms with Crippen LogP contribution in [0.15, 0.2) is 30.6 Å². The van der Waals surface area contributed by atoms with Gasteiger partial charge in [-0.2, -0.15) is 13.2 Å². The summed E-state index contributed by atoms with van der Waals surface area (Å²) < 4.78 is 38.4. The molecule has 6 nitrogen and oxygen atoms in total. The van der Waals surface area contributed by atoms with Gasteiger partial charge in [0.15, 0.2) is 0 Å². The number of aromatic nitrogens is 2. The molecule has 0 spiro atoms. The van der Waals surface area contributed by atoms with Crippen LogP contribution in [0.2, 0.25) is 0 Å². The highest BCUT2D eigenvalue weighted by molar-refractivity contribution is 5.89. The van der Waals surface area contributed by atoms with Gasteiger partial charge in [-0.25, -0.2) is 14.8 Å². The molecule has 2 aromatic rings. The van der Waals surface area contributed by atoms with Gasteiger partial charge in [-0.1, -0.05) is 6.07 Å². The van der Waals surface area contributed by atoms with Gasteiger partial charge in [0.2, 0.25) is 0 Å². The van der Waals surface area contributed by atoms with E-state index in [4.69, 9.17) is 0 Å². The first-order valence-corrected chi connectivity index (χ1v) is 9.01. The van der Waals surface area contributed by atoms with Crippen molar-refractivity contribution in [2.45, 2.75) is 38.9 Å². The van der Waals surface area contributed by atoms with Crippen LogP contribution in [0.1, 0.15) is 29.7 Å². The van der Waals surface area contributed by atoms with E-state index >= 15 is 0 Å². The van der Waals surface area contributed by atoms with Crippen LogP contribution in [-0.2, 0) is 6.18 Å². The number of hydrogen-bond donors (Lipinski definition) is 2. The molecule has 3 rings (SSSR count). The van der Waals surface area contributed by atoms with Crippen molar-refractivity contribution < 1.29 is 18.0 Å². The quantitative estimate of drug-likeness (QED) is 0.830. The summed E-state index contributed by atoms with van der Waals surface area (Å²) in [5, 5.41) is 5.73. The molecule has 2 N–H and O–H groups in total. The Morgan fingerprint density at radius 2 is 1.82 bits per heavy atom. The van der Waals surface area contributed by atoms with Crippen molar-refractivity contribution >= 4 is 17.5 Å². The van der Waals surface area contributed by atoms with Crippen molar-refractivity contribution in [3.8, 4) is 0 Å². The van der Waals surface area contributed by atoms with Gasteiger partial charge in [0.25, 0.3) is 0 Å². The Balaban J connectivity index is 1.52. The standard InChI is InChI=1S/C19H22F3N5O/c1-12-3-4-15(9-13(12)2)26-18(28)25-14-5-7-27(8-6-14)17-10-16(19(20,21)22)23-11-24-17/h3-4,9-11,14H,5-8H2,1-2H3,(H2,25,26,28). The molecule has 0 saturated carbocycles. The molecule has 9 heteroatoms. The molecule has 0 radical (unpaired) electrons. The highest BCUT2D eigenvalue weighted by atomic mass is 19.4. The minimum Gasteiger partial charge on any atom is -0.356 e. The first-order chi connectivity index (χ1) is 13.2. The monoisotopic (exact) mass is 393 g/mol. The SMILES string of the molecule is Cc1ccc(NC(=O)NC2CCN(c3cc(C(F)(F)F)ncn3)CC2)cc1C. The smallest absolute Gasteiger partial charge is 0.356 e. The molecule has 0 unspecified atom stereocenters. The van der Waals surface area contributed by atoms with E-state index in [1.165, 1.54) is 0 Å². The lowest BCUT2D eigenvalue weighted by Gasteiger charge is -2.33. The molecule has 1 aliphatic rings. The molecule has 0 atom stereocenters. The molecule has 1 saturated heterocycles. The summed E-state index contributed by atoms with van der Waals surface area (Å²) in [5.74, 6) is 0.250. The number of nitrogens with one attached hydrogen (secondary N) is 2. The van der Waals surface area contributed by atoms with E-state index in [1.807, 2.05) is 32.0 Å². The van der Waals surface area contributed by atoms with Gasteiger partial charge >= 0.3 is 12.2 Å². The van der Waals surface area contributed by atoms with Crippen molar-refractivity contribution in [2.24, 2.45) is 0 Å². The van der Waals surface area contributed by atoms with E-state index in [0.717, 1.165) is 29.2 Å². The number of urea groups is 1. The Hall–Kier alpha value is -2.84. The van der Waals surface area contributed by atoms with Gasteiger partial charge in [-0.05, 0) is 49.9 Å². The van der Waals surface area contributed by atoms with Crippen LogP contribution >= 0.6 is 0 Å². The first kappa shape index (κ1) is 19.9. The third-order valence-corrected chi connectivity index (χ3v) is 4.86. The van der Waals surface area contributed by atoms with Crippen molar-refractivity contribution in [1.29, 1.82) is 0 Å². The number of benzene rings is 1. The van der Waals surface area contributed by atoms with Crippen molar-refractivity contribution in [3.63, 3.8) is 0 Å². The number of anilines is 2. The zero-order valence-corrected chi connectivity index (χ0v) is 15.7. The number of carbonyl (C=O) groups is 1. The van der Waals surface area contributed by atoms with Crippen molar-refractivity contribution in [2.75, 3.05) is 23.3 Å². The number of hydrogen-bond acceptors (Lipinski definition) is 4. The van der Waals surface area contributed by atoms with Gasteiger partial charge in [-0.15, -0.1) is 0 Å². The Morgan fingerprint density at radius 3 is 2.46 bits per heavy atom. The Bertz CT molecular complexity index is 848. The van der Waals surface area contributed by atoms with E-state index in [-0.39, 0.29) is 17.9 Å². The molecule has 1 aromatic carbocycles. The molecule has 0 bridgehead atoms. The molecule has 1 aliphatic heterocycles. The number of nitrogens with zero attached hydrogens (tertiary/aromatic N) is 3. The summed E-state index contributed by atoms with van der Waals surface area (Å²) in [5.41, 5.74) is 2.01. The summed E-state index contributed by atoms with van der Waals surface area (Å²) in [7, 11) is 0. The number of carbonyl (C=O) groups excluding carboxylic acids is 1. The number of rotatable bonds is 3. The molecule has 150 valence electrons. The van der Waals surface area contributed by atoms with Crippen LogP contribution in [0.3, 0.4) is 0 Å². The lowest BCUT2D eigenvalue weighted by Crippen LogP contribution is -2.46. The third-order valence-electron chi connectivity index (χ3n) is 4.86. The van der Waals surface area contributed by atoms with Gasteiger partial charge in [-0.3, -0.25) is 0 Å². The van der Waals surface area contributed by atoms with E-state index in [2.05, 4.69) is 20.6 Å². The predicted molar refractivity (Wildman–Crippen MR) is 100 cm³/mol. The maximum atomic E-state index is 12.8. The van der Waals surface area contributed by atoms with Crippen molar-refractivity contribution in [3.05, 3.63) is 47.4 Å². The zero-order valence-electron chi connectivity index (χ0n) is 15.7. The maximum absolute atomic E-state index is 12.8. The van der Waals surface area contributed by atoms with E-state index in [9.17, 15) is 18.0 Å². The molecule has 1 fully saturated rings. The molecule has 0 aliphatic carbocycles. The Labute approximate surface area is 161 Å². The van der Waals surface area contributed by atoms with Crippen LogP contribution in [0.5, 0.6) is 0 Å². The Kier molecular flexibility index (Phi) is 5.71. The van der Waals surface area contributed by atoms with Gasteiger partial charge < -0.3 is 15.5 Å². The predicted octanol–water partition coefficient (Wildman–Crippen LogP) is 3.90. The lowest BCUT2D eigenvalue weighted by atomic mass is 10.1. The fourth-order valence-corrected chi connectivity index (χ4v) is 3.10. The zero-order chi connectivity index (χ0) is 20.3. The normalized spacial score (nSPS) is 15.4.